The molecular weight excluding hydrogens is 278 g/mol. The Labute approximate surface area is 131 Å². The summed E-state index contributed by atoms with van der Waals surface area (Å²) in [6.07, 6.45) is 2.02. The van der Waals surface area contributed by atoms with Crippen LogP contribution in [0.2, 0.25) is 0 Å². The van der Waals surface area contributed by atoms with E-state index in [9.17, 15) is 4.79 Å². The number of hydrogen-bond acceptors (Lipinski definition) is 2. The monoisotopic (exact) mass is 299 g/mol. The molecule has 0 aliphatic rings. The van der Waals surface area contributed by atoms with Gasteiger partial charge in [0.05, 0.1) is 0 Å². The first-order chi connectivity index (χ1) is 10.0. The third kappa shape index (κ3) is 3.67. The molecule has 0 unspecified atom stereocenters. The fourth-order valence-corrected chi connectivity index (χ4v) is 2.72. The van der Waals surface area contributed by atoms with Crippen LogP contribution in [0, 0.1) is 13.8 Å². The van der Waals surface area contributed by atoms with Gasteiger partial charge in [0.25, 0.3) is 5.91 Å². The zero-order valence-corrected chi connectivity index (χ0v) is 13.8. The standard InChI is InChI=1S/C18H21NOS/c1-13-7-5-6-8-15(13)12-19(3)18(20)17-11-16(21-4)10-9-14(17)2/h5-11H,12H2,1-4H3. The summed E-state index contributed by atoms with van der Waals surface area (Å²) in [5.41, 5.74) is 4.21. The predicted octanol–water partition coefficient (Wildman–Crippen LogP) is 4.30. The molecule has 2 rings (SSSR count). The maximum atomic E-state index is 12.7. The molecule has 0 aliphatic carbocycles. The van der Waals surface area contributed by atoms with Crippen molar-refractivity contribution in [1.29, 1.82) is 0 Å². The second-order valence-electron chi connectivity index (χ2n) is 5.27. The van der Waals surface area contributed by atoms with Crippen LogP contribution in [-0.2, 0) is 6.54 Å². The van der Waals surface area contributed by atoms with Crippen molar-refractivity contribution < 1.29 is 4.79 Å². The minimum absolute atomic E-state index is 0.0756. The van der Waals surface area contributed by atoms with E-state index in [2.05, 4.69) is 25.1 Å². The van der Waals surface area contributed by atoms with Gasteiger partial charge in [0, 0.05) is 24.1 Å². The van der Waals surface area contributed by atoms with Gasteiger partial charge >= 0.3 is 0 Å². The molecule has 0 bridgehead atoms. The van der Waals surface area contributed by atoms with Crippen molar-refractivity contribution in [3.8, 4) is 0 Å². The van der Waals surface area contributed by atoms with Crippen molar-refractivity contribution in [3.05, 3.63) is 64.7 Å². The number of carbonyl (C=O) groups excluding carboxylic acids is 1. The third-order valence-corrected chi connectivity index (χ3v) is 4.42. The lowest BCUT2D eigenvalue weighted by molar-refractivity contribution is 0.0784. The van der Waals surface area contributed by atoms with Crippen LogP contribution < -0.4 is 0 Å². The molecule has 3 heteroatoms. The van der Waals surface area contributed by atoms with Crippen LogP contribution in [0.25, 0.3) is 0 Å². The molecule has 0 spiro atoms. The predicted molar refractivity (Wildman–Crippen MR) is 89.9 cm³/mol. The Morgan fingerprint density at radius 3 is 2.48 bits per heavy atom. The SMILES string of the molecule is CSc1ccc(C)c(C(=O)N(C)Cc2ccccc2C)c1. The van der Waals surface area contributed by atoms with E-state index in [0.717, 1.165) is 16.0 Å². The molecule has 0 N–H and O–H groups in total. The zero-order valence-electron chi connectivity index (χ0n) is 13.0. The molecule has 2 nitrogen and oxygen atoms in total. The number of hydrogen-bond donors (Lipinski definition) is 0. The molecule has 0 saturated heterocycles. The highest BCUT2D eigenvalue weighted by Crippen LogP contribution is 2.21. The molecule has 0 radical (unpaired) electrons. The van der Waals surface area contributed by atoms with E-state index < -0.39 is 0 Å². The second kappa shape index (κ2) is 6.81. The quantitative estimate of drug-likeness (QED) is 0.785. The highest BCUT2D eigenvalue weighted by atomic mass is 32.2. The summed E-state index contributed by atoms with van der Waals surface area (Å²) in [6, 6.07) is 14.2. The zero-order chi connectivity index (χ0) is 15.4. The Hall–Kier alpha value is -1.74. The van der Waals surface area contributed by atoms with Crippen LogP contribution >= 0.6 is 11.8 Å². The van der Waals surface area contributed by atoms with Crippen LogP contribution in [0.5, 0.6) is 0 Å². The first-order valence-electron chi connectivity index (χ1n) is 6.97. The average molecular weight is 299 g/mol. The Kier molecular flexibility index (Phi) is 5.07. The number of nitrogens with zero attached hydrogens (tertiary/aromatic N) is 1. The Morgan fingerprint density at radius 2 is 1.81 bits per heavy atom. The lowest BCUT2D eigenvalue weighted by atomic mass is 10.1. The fraction of sp³-hybridized carbons (Fsp3) is 0.278. The van der Waals surface area contributed by atoms with Crippen molar-refractivity contribution in [3.63, 3.8) is 0 Å². The van der Waals surface area contributed by atoms with Gasteiger partial charge in [-0.05, 0) is 48.9 Å². The highest BCUT2D eigenvalue weighted by molar-refractivity contribution is 7.98. The van der Waals surface area contributed by atoms with Gasteiger partial charge in [-0.3, -0.25) is 4.79 Å². The lowest BCUT2D eigenvalue weighted by Gasteiger charge is -2.20. The third-order valence-electron chi connectivity index (χ3n) is 3.69. The summed E-state index contributed by atoms with van der Waals surface area (Å²) in [4.78, 5) is 15.6. The lowest BCUT2D eigenvalue weighted by Crippen LogP contribution is -2.27. The van der Waals surface area contributed by atoms with E-state index in [4.69, 9.17) is 0 Å². The number of thioether (sulfide) groups is 1. The molecule has 0 aliphatic heterocycles. The molecule has 2 aromatic rings. The van der Waals surface area contributed by atoms with Crippen molar-refractivity contribution in [2.24, 2.45) is 0 Å². The first-order valence-corrected chi connectivity index (χ1v) is 8.20. The smallest absolute Gasteiger partial charge is 0.254 e. The topological polar surface area (TPSA) is 20.3 Å². The maximum Gasteiger partial charge on any atom is 0.254 e. The summed E-state index contributed by atoms with van der Waals surface area (Å²) in [5, 5.41) is 0. The van der Waals surface area contributed by atoms with E-state index >= 15 is 0 Å². The normalized spacial score (nSPS) is 10.5. The second-order valence-corrected chi connectivity index (χ2v) is 6.15. The van der Waals surface area contributed by atoms with Gasteiger partial charge in [-0.1, -0.05) is 30.3 Å². The number of benzene rings is 2. The minimum Gasteiger partial charge on any atom is -0.337 e. The Bertz CT molecular complexity index is 651. The number of rotatable bonds is 4. The molecule has 21 heavy (non-hydrogen) atoms. The summed E-state index contributed by atoms with van der Waals surface area (Å²) < 4.78 is 0. The van der Waals surface area contributed by atoms with Crippen LogP contribution in [0.4, 0.5) is 0 Å². The molecule has 0 heterocycles. The molecule has 110 valence electrons. The van der Waals surface area contributed by atoms with Crippen LogP contribution in [0.15, 0.2) is 47.4 Å². The summed E-state index contributed by atoms with van der Waals surface area (Å²) in [7, 11) is 1.86. The first kappa shape index (κ1) is 15.6. The summed E-state index contributed by atoms with van der Waals surface area (Å²) >= 11 is 1.66. The summed E-state index contributed by atoms with van der Waals surface area (Å²) in [5.74, 6) is 0.0756. The van der Waals surface area contributed by atoms with Crippen LogP contribution in [0.1, 0.15) is 27.0 Å². The molecular formula is C18H21NOS. The minimum atomic E-state index is 0.0756. The number of amides is 1. The van der Waals surface area contributed by atoms with Gasteiger partial charge in [0.1, 0.15) is 0 Å². The van der Waals surface area contributed by atoms with Crippen molar-refractivity contribution in [1.82, 2.24) is 4.90 Å². The average Bonchev–Trinajstić information content (AvgIpc) is 2.49. The number of carbonyl (C=O) groups is 1. The van der Waals surface area contributed by atoms with E-state index in [1.165, 1.54) is 11.1 Å². The maximum absolute atomic E-state index is 12.7. The fourth-order valence-electron chi connectivity index (χ4n) is 2.28. The van der Waals surface area contributed by atoms with Crippen molar-refractivity contribution in [2.75, 3.05) is 13.3 Å². The molecule has 1 amide bonds. The molecule has 0 fully saturated rings. The van der Waals surface area contributed by atoms with Gasteiger partial charge in [-0.15, -0.1) is 11.8 Å². The molecule has 0 atom stereocenters. The largest absolute Gasteiger partial charge is 0.337 e. The molecule has 2 aromatic carbocycles. The van der Waals surface area contributed by atoms with E-state index in [1.54, 1.807) is 16.7 Å². The molecule has 0 aromatic heterocycles. The van der Waals surface area contributed by atoms with Gasteiger partial charge in [0.2, 0.25) is 0 Å². The van der Waals surface area contributed by atoms with Crippen molar-refractivity contribution >= 4 is 17.7 Å². The molecule has 0 saturated carbocycles. The van der Waals surface area contributed by atoms with Crippen LogP contribution in [-0.4, -0.2) is 24.1 Å². The van der Waals surface area contributed by atoms with Gasteiger partial charge in [0.15, 0.2) is 0 Å². The van der Waals surface area contributed by atoms with E-state index in [0.29, 0.717) is 6.54 Å². The van der Waals surface area contributed by atoms with Gasteiger partial charge in [-0.25, -0.2) is 0 Å². The Balaban J connectivity index is 2.22. The van der Waals surface area contributed by atoms with Gasteiger partial charge < -0.3 is 4.90 Å². The van der Waals surface area contributed by atoms with E-state index in [1.807, 2.05) is 44.5 Å². The summed E-state index contributed by atoms with van der Waals surface area (Å²) in [6.45, 7) is 4.70. The number of aryl methyl sites for hydroxylation is 2. The van der Waals surface area contributed by atoms with Gasteiger partial charge in [-0.2, -0.15) is 0 Å². The highest BCUT2D eigenvalue weighted by Gasteiger charge is 2.15. The van der Waals surface area contributed by atoms with Crippen LogP contribution in [0.3, 0.4) is 0 Å². The van der Waals surface area contributed by atoms with Crippen molar-refractivity contribution in [2.45, 2.75) is 25.3 Å². The van der Waals surface area contributed by atoms with E-state index in [-0.39, 0.29) is 5.91 Å². The Morgan fingerprint density at radius 1 is 1.10 bits per heavy atom.